The highest BCUT2D eigenvalue weighted by Gasteiger charge is 2.30. The number of nitrogens with zero attached hydrogens (tertiary/aromatic N) is 2. The maximum absolute atomic E-state index is 13.3. The van der Waals surface area contributed by atoms with Crippen molar-refractivity contribution in [3.63, 3.8) is 0 Å². The average molecular weight is 449 g/mol. The van der Waals surface area contributed by atoms with Gasteiger partial charge in [-0.3, -0.25) is 9.59 Å². The molecule has 2 amide bonds. The fourth-order valence-corrected chi connectivity index (χ4v) is 4.20. The van der Waals surface area contributed by atoms with Gasteiger partial charge in [-0.2, -0.15) is 0 Å². The topological polar surface area (TPSA) is 80.6 Å². The van der Waals surface area contributed by atoms with Gasteiger partial charge in [-0.25, -0.2) is 9.18 Å². The van der Waals surface area contributed by atoms with Crippen LogP contribution in [0.2, 0.25) is 0 Å². The van der Waals surface area contributed by atoms with Crippen molar-refractivity contribution in [2.45, 2.75) is 33.2 Å². The number of aryl methyl sites for hydroxylation is 1. The fourth-order valence-electron chi connectivity index (χ4n) is 4.20. The summed E-state index contributed by atoms with van der Waals surface area (Å²) in [5.74, 6) is -1.59. The number of ether oxygens (including phenoxy) is 1. The number of esters is 1. The van der Waals surface area contributed by atoms with Crippen LogP contribution in [0.1, 0.15) is 35.1 Å². The number of halogens is 1. The van der Waals surface area contributed by atoms with Gasteiger partial charge in [0.05, 0.1) is 16.9 Å². The highest BCUT2D eigenvalue weighted by Crippen LogP contribution is 2.31. The lowest BCUT2D eigenvalue weighted by atomic mass is 10.1. The van der Waals surface area contributed by atoms with Gasteiger partial charge in [-0.1, -0.05) is 12.1 Å². The summed E-state index contributed by atoms with van der Waals surface area (Å²) in [7, 11) is 0. The number of rotatable bonds is 4. The number of aromatic nitrogens is 1. The van der Waals surface area contributed by atoms with Gasteiger partial charge in [0.1, 0.15) is 5.82 Å². The molecule has 0 fully saturated rings. The molecule has 7 nitrogen and oxygen atoms in total. The fraction of sp³-hybridized carbons (Fsp3) is 0.240. The predicted molar refractivity (Wildman–Crippen MR) is 122 cm³/mol. The molecule has 1 aromatic heterocycles. The first-order chi connectivity index (χ1) is 15.8. The van der Waals surface area contributed by atoms with Crippen molar-refractivity contribution in [2.24, 2.45) is 0 Å². The van der Waals surface area contributed by atoms with Crippen LogP contribution in [-0.2, 0) is 14.3 Å². The van der Waals surface area contributed by atoms with E-state index in [9.17, 15) is 18.8 Å². The van der Waals surface area contributed by atoms with Crippen LogP contribution in [0.4, 0.5) is 15.8 Å². The van der Waals surface area contributed by atoms with Crippen LogP contribution in [0.3, 0.4) is 0 Å². The van der Waals surface area contributed by atoms with Crippen molar-refractivity contribution in [3.05, 3.63) is 77.4 Å². The van der Waals surface area contributed by atoms with Gasteiger partial charge in [0, 0.05) is 29.5 Å². The van der Waals surface area contributed by atoms with Gasteiger partial charge < -0.3 is 19.5 Å². The molecule has 0 radical (unpaired) electrons. The van der Waals surface area contributed by atoms with E-state index in [4.69, 9.17) is 4.74 Å². The first-order valence-corrected chi connectivity index (χ1v) is 10.6. The number of benzene rings is 2. The molecule has 1 aliphatic rings. The molecule has 2 heterocycles. The number of amides is 2. The van der Waals surface area contributed by atoms with Crippen molar-refractivity contribution in [3.8, 4) is 5.69 Å². The molecule has 0 saturated heterocycles. The lowest BCUT2D eigenvalue weighted by molar-refractivity contribution is -0.122. The average Bonchev–Trinajstić information content (AvgIpc) is 3.00. The second kappa shape index (κ2) is 8.90. The quantitative estimate of drug-likeness (QED) is 0.607. The molecule has 1 unspecified atom stereocenters. The lowest BCUT2D eigenvalue weighted by Gasteiger charge is -2.27. The normalized spacial score (nSPS) is 15.5. The molecule has 1 aliphatic heterocycles. The van der Waals surface area contributed by atoms with Gasteiger partial charge in [-0.15, -0.1) is 0 Å². The smallest absolute Gasteiger partial charge is 0.340 e. The number of hydrogen-bond acceptors (Lipinski definition) is 4. The van der Waals surface area contributed by atoms with E-state index >= 15 is 0 Å². The highest BCUT2D eigenvalue weighted by atomic mass is 19.1. The minimum Gasteiger partial charge on any atom is -0.452 e. The standard InChI is InChI=1S/C25H24FN3O4/c1-15-12-20(17(3)28(15)19-10-8-18(26)9-11-19)25(32)33-14-24(31)29-16(2)13-23(30)27-21-6-4-5-7-22(21)29/h4-12,16H,13-14H2,1-3H3,(H,27,30). The van der Waals surface area contributed by atoms with E-state index in [2.05, 4.69) is 5.32 Å². The van der Waals surface area contributed by atoms with Crippen LogP contribution < -0.4 is 10.2 Å². The van der Waals surface area contributed by atoms with E-state index in [0.29, 0.717) is 28.3 Å². The molecular weight excluding hydrogens is 425 g/mol. The summed E-state index contributed by atoms with van der Waals surface area (Å²) < 4.78 is 20.5. The number of anilines is 2. The zero-order valence-electron chi connectivity index (χ0n) is 18.6. The molecule has 8 heteroatoms. The number of carbonyl (C=O) groups excluding carboxylic acids is 3. The number of nitrogens with one attached hydrogen (secondary N) is 1. The Morgan fingerprint density at radius 2 is 1.82 bits per heavy atom. The molecule has 4 rings (SSSR count). The monoisotopic (exact) mass is 449 g/mol. The molecular formula is C25H24FN3O4. The Labute approximate surface area is 190 Å². The Morgan fingerprint density at radius 3 is 2.55 bits per heavy atom. The highest BCUT2D eigenvalue weighted by molar-refractivity contribution is 6.05. The van der Waals surface area contributed by atoms with E-state index in [0.717, 1.165) is 5.69 Å². The van der Waals surface area contributed by atoms with Crippen molar-refractivity contribution in [1.29, 1.82) is 0 Å². The van der Waals surface area contributed by atoms with Crippen LogP contribution in [0.15, 0.2) is 54.6 Å². The minimum atomic E-state index is -0.630. The zero-order chi connectivity index (χ0) is 23.7. The van der Waals surface area contributed by atoms with Gasteiger partial charge in [0.25, 0.3) is 5.91 Å². The number of hydrogen-bond donors (Lipinski definition) is 1. The van der Waals surface area contributed by atoms with Crippen LogP contribution >= 0.6 is 0 Å². The molecule has 33 heavy (non-hydrogen) atoms. The Balaban J connectivity index is 1.53. The molecule has 1 atom stereocenters. The second-order valence-corrected chi connectivity index (χ2v) is 8.05. The summed E-state index contributed by atoms with van der Waals surface area (Å²) in [5, 5.41) is 2.80. The van der Waals surface area contributed by atoms with Crippen molar-refractivity contribution in [2.75, 3.05) is 16.8 Å². The van der Waals surface area contributed by atoms with Crippen molar-refractivity contribution in [1.82, 2.24) is 4.57 Å². The second-order valence-electron chi connectivity index (χ2n) is 8.05. The largest absolute Gasteiger partial charge is 0.452 e. The third kappa shape index (κ3) is 4.37. The molecule has 0 saturated carbocycles. The summed E-state index contributed by atoms with van der Waals surface area (Å²) in [5.41, 5.74) is 3.54. The van der Waals surface area contributed by atoms with E-state index in [1.807, 2.05) is 11.5 Å². The Kier molecular flexibility index (Phi) is 6.00. The van der Waals surface area contributed by atoms with Crippen LogP contribution in [0, 0.1) is 19.7 Å². The predicted octanol–water partition coefficient (Wildman–Crippen LogP) is 4.15. The summed E-state index contributed by atoms with van der Waals surface area (Å²) in [6.07, 6.45) is 0.132. The Bertz CT molecular complexity index is 1230. The first-order valence-electron chi connectivity index (χ1n) is 10.6. The minimum absolute atomic E-state index is 0.132. The summed E-state index contributed by atoms with van der Waals surface area (Å²) >= 11 is 0. The van der Waals surface area contributed by atoms with E-state index in [-0.39, 0.29) is 18.1 Å². The lowest BCUT2D eigenvalue weighted by Crippen LogP contribution is -2.41. The summed E-state index contributed by atoms with van der Waals surface area (Å²) in [6.45, 7) is 4.90. The number of para-hydroxylation sites is 2. The SMILES string of the molecule is Cc1cc(C(=O)OCC(=O)N2c3ccccc3NC(=O)CC2C)c(C)n1-c1ccc(F)cc1. The number of fused-ring (bicyclic) bond motifs is 1. The van der Waals surface area contributed by atoms with Gasteiger partial charge in [-0.05, 0) is 63.2 Å². The third-order valence-corrected chi connectivity index (χ3v) is 5.69. The van der Waals surface area contributed by atoms with Crippen LogP contribution in [0.25, 0.3) is 5.69 Å². The molecule has 2 aromatic carbocycles. The van der Waals surface area contributed by atoms with Crippen molar-refractivity contribution >= 4 is 29.2 Å². The third-order valence-electron chi connectivity index (χ3n) is 5.69. The van der Waals surface area contributed by atoms with Gasteiger partial charge in [0.2, 0.25) is 5.91 Å². The molecule has 3 aromatic rings. The van der Waals surface area contributed by atoms with Gasteiger partial charge in [0.15, 0.2) is 6.61 Å². The van der Waals surface area contributed by atoms with E-state index < -0.39 is 24.5 Å². The van der Waals surface area contributed by atoms with Crippen molar-refractivity contribution < 1.29 is 23.5 Å². The summed E-state index contributed by atoms with van der Waals surface area (Å²) in [6, 6.07) is 14.3. The molecule has 0 spiro atoms. The maximum atomic E-state index is 13.3. The summed E-state index contributed by atoms with van der Waals surface area (Å²) in [4.78, 5) is 39.5. The molecule has 0 bridgehead atoms. The zero-order valence-corrected chi connectivity index (χ0v) is 18.6. The Hall–Kier alpha value is -3.94. The maximum Gasteiger partial charge on any atom is 0.340 e. The van der Waals surface area contributed by atoms with Gasteiger partial charge >= 0.3 is 5.97 Å². The molecule has 170 valence electrons. The number of carbonyl (C=O) groups is 3. The van der Waals surface area contributed by atoms with E-state index in [1.54, 1.807) is 56.3 Å². The molecule has 0 aliphatic carbocycles. The van der Waals surface area contributed by atoms with Crippen LogP contribution in [-0.4, -0.2) is 35.0 Å². The molecule has 1 N–H and O–H groups in total. The van der Waals surface area contributed by atoms with Crippen LogP contribution in [0.5, 0.6) is 0 Å². The Morgan fingerprint density at radius 1 is 1.12 bits per heavy atom. The van der Waals surface area contributed by atoms with E-state index in [1.165, 1.54) is 17.0 Å². The first kappa shape index (κ1) is 22.3.